The minimum absolute atomic E-state index is 0.285. The number of nitrogens with two attached hydrogens (primary N) is 1. The van der Waals surface area contributed by atoms with Crippen LogP contribution in [0.5, 0.6) is 5.75 Å². The number of halogens is 1. The first kappa shape index (κ1) is 13.9. The monoisotopic (exact) mass is 274 g/mol. The fourth-order valence-electron chi connectivity index (χ4n) is 1.78. The third kappa shape index (κ3) is 2.88. The highest BCUT2D eigenvalue weighted by molar-refractivity contribution is 6.08. The molecular weight excluding hydrogens is 259 g/mol. The van der Waals surface area contributed by atoms with Crippen LogP contribution in [0.25, 0.3) is 0 Å². The van der Waals surface area contributed by atoms with Crippen LogP contribution in [0.4, 0.5) is 15.8 Å². The summed E-state index contributed by atoms with van der Waals surface area (Å²) in [4.78, 5) is 12.2. The molecule has 0 aromatic heterocycles. The highest BCUT2D eigenvalue weighted by Crippen LogP contribution is 2.22. The predicted octanol–water partition coefficient (Wildman–Crippen LogP) is 2.98. The number of nitrogens with one attached hydrogen (secondary N) is 1. The highest BCUT2D eigenvalue weighted by atomic mass is 19.1. The van der Waals surface area contributed by atoms with E-state index in [1.165, 1.54) is 19.2 Å². The van der Waals surface area contributed by atoms with Gasteiger partial charge in [0.15, 0.2) is 0 Å². The van der Waals surface area contributed by atoms with Crippen LogP contribution >= 0.6 is 0 Å². The van der Waals surface area contributed by atoms with Crippen molar-refractivity contribution in [2.24, 2.45) is 0 Å². The molecule has 0 fully saturated rings. The van der Waals surface area contributed by atoms with Gasteiger partial charge in [0.2, 0.25) is 0 Å². The number of benzene rings is 2. The standard InChI is InChI=1S/C15H15FN2O2/c1-9-3-4-10(16)7-14(9)18-15(19)12-8-11(20-2)5-6-13(12)17/h3-8H,17H2,1-2H3,(H,18,19). The third-order valence-corrected chi connectivity index (χ3v) is 2.95. The van der Waals surface area contributed by atoms with Crippen molar-refractivity contribution in [2.75, 3.05) is 18.2 Å². The van der Waals surface area contributed by atoms with Crippen LogP contribution in [0, 0.1) is 12.7 Å². The summed E-state index contributed by atoms with van der Waals surface area (Å²) in [7, 11) is 1.50. The number of nitrogen functional groups attached to an aromatic ring is 1. The second-order valence-corrected chi connectivity index (χ2v) is 4.37. The van der Waals surface area contributed by atoms with Crippen molar-refractivity contribution in [3.63, 3.8) is 0 Å². The zero-order valence-corrected chi connectivity index (χ0v) is 11.2. The Balaban J connectivity index is 2.30. The van der Waals surface area contributed by atoms with Gasteiger partial charge in [-0.15, -0.1) is 0 Å². The molecule has 20 heavy (non-hydrogen) atoms. The van der Waals surface area contributed by atoms with Gasteiger partial charge in [0.05, 0.1) is 12.7 Å². The summed E-state index contributed by atoms with van der Waals surface area (Å²) in [5.41, 5.74) is 7.57. The second-order valence-electron chi connectivity index (χ2n) is 4.37. The molecule has 0 radical (unpaired) electrons. The van der Waals surface area contributed by atoms with Crippen LogP contribution in [0.1, 0.15) is 15.9 Å². The number of carbonyl (C=O) groups is 1. The minimum atomic E-state index is -0.412. The van der Waals surface area contributed by atoms with E-state index >= 15 is 0 Å². The van der Waals surface area contributed by atoms with Gasteiger partial charge in [-0.1, -0.05) is 6.07 Å². The molecule has 0 unspecified atom stereocenters. The lowest BCUT2D eigenvalue weighted by atomic mass is 10.1. The van der Waals surface area contributed by atoms with E-state index in [0.717, 1.165) is 5.56 Å². The summed E-state index contributed by atoms with van der Waals surface area (Å²) in [5.74, 6) is -0.292. The molecule has 1 amide bonds. The molecule has 0 atom stereocenters. The average molecular weight is 274 g/mol. The van der Waals surface area contributed by atoms with E-state index < -0.39 is 11.7 Å². The van der Waals surface area contributed by atoms with E-state index in [4.69, 9.17) is 10.5 Å². The molecular formula is C15H15FN2O2. The predicted molar refractivity (Wildman–Crippen MR) is 76.5 cm³/mol. The summed E-state index contributed by atoms with van der Waals surface area (Å²) in [6, 6.07) is 9.00. The van der Waals surface area contributed by atoms with Gasteiger partial charge in [0.1, 0.15) is 11.6 Å². The molecule has 0 bridgehead atoms. The Hall–Kier alpha value is -2.56. The molecule has 4 nitrogen and oxygen atoms in total. The number of amides is 1. The number of hydrogen-bond donors (Lipinski definition) is 2. The zero-order valence-electron chi connectivity index (χ0n) is 11.2. The summed E-state index contributed by atoms with van der Waals surface area (Å²) in [6.45, 7) is 1.78. The van der Waals surface area contributed by atoms with Crippen LogP contribution in [0.15, 0.2) is 36.4 Å². The van der Waals surface area contributed by atoms with Crippen LogP contribution in [0.2, 0.25) is 0 Å². The fourth-order valence-corrected chi connectivity index (χ4v) is 1.78. The van der Waals surface area contributed by atoms with E-state index in [1.807, 2.05) is 0 Å². The number of ether oxygens (including phenoxy) is 1. The molecule has 2 aromatic rings. The highest BCUT2D eigenvalue weighted by Gasteiger charge is 2.12. The van der Waals surface area contributed by atoms with Crippen molar-refractivity contribution in [2.45, 2.75) is 6.92 Å². The summed E-state index contributed by atoms with van der Waals surface area (Å²) in [5, 5.41) is 2.64. The molecule has 3 N–H and O–H groups in total. The van der Waals surface area contributed by atoms with Gasteiger partial charge < -0.3 is 15.8 Å². The van der Waals surface area contributed by atoms with Gasteiger partial charge in [0, 0.05) is 11.4 Å². The van der Waals surface area contributed by atoms with Crippen molar-refractivity contribution in [1.82, 2.24) is 0 Å². The third-order valence-electron chi connectivity index (χ3n) is 2.95. The Bertz CT molecular complexity index is 656. The number of aryl methyl sites for hydroxylation is 1. The maximum Gasteiger partial charge on any atom is 0.257 e. The lowest BCUT2D eigenvalue weighted by molar-refractivity contribution is 0.102. The fraction of sp³-hybridized carbons (Fsp3) is 0.133. The number of carbonyl (C=O) groups excluding carboxylic acids is 1. The van der Waals surface area contributed by atoms with E-state index in [-0.39, 0.29) is 5.56 Å². The Morgan fingerprint density at radius 3 is 2.70 bits per heavy atom. The number of rotatable bonds is 3. The average Bonchev–Trinajstić information content (AvgIpc) is 2.43. The van der Waals surface area contributed by atoms with Gasteiger partial charge in [-0.25, -0.2) is 4.39 Å². The van der Waals surface area contributed by atoms with E-state index in [0.29, 0.717) is 17.1 Å². The Kier molecular flexibility index (Phi) is 3.89. The smallest absolute Gasteiger partial charge is 0.257 e. The second kappa shape index (κ2) is 5.61. The van der Waals surface area contributed by atoms with Gasteiger partial charge in [0.25, 0.3) is 5.91 Å². The lowest BCUT2D eigenvalue weighted by Gasteiger charge is -2.11. The molecule has 0 spiro atoms. The van der Waals surface area contributed by atoms with E-state index in [9.17, 15) is 9.18 Å². The molecule has 104 valence electrons. The molecule has 2 aromatic carbocycles. The molecule has 0 aliphatic carbocycles. The van der Waals surface area contributed by atoms with Crippen LogP contribution < -0.4 is 15.8 Å². The quantitative estimate of drug-likeness (QED) is 0.846. The largest absolute Gasteiger partial charge is 0.497 e. The van der Waals surface area contributed by atoms with Crippen molar-refractivity contribution in [3.8, 4) is 5.75 Å². The normalized spacial score (nSPS) is 10.2. The van der Waals surface area contributed by atoms with Gasteiger partial charge in [-0.2, -0.15) is 0 Å². The van der Waals surface area contributed by atoms with E-state index in [2.05, 4.69) is 5.32 Å². The first-order valence-electron chi connectivity index (χ1n) is 6.02. The molecule has 0 heterocycles. The Labute approximate surface area is 116 Å². The van der Waals surface area contributed by atoms with Crippen molar-refractivity contribution in [3.05, 3.63) is 53.3 Å². The van der Waals surface area contributed by atoms with Crippen LogP contribution in [-0.4, -0.2) is 13.0 Å². The van der Waals surface area contributed by atoms with Gasteiger partial charge in [-0.3, -0.25) is 4.79 Å². The van der Waals surface area contributed by atoms with Crippen LogP contribution in [0.3, 0.4) is 0 Å². The first-order valence-corrected chi connectivity index (χ1v) is 6.02. The maximum absolute atomic E-state index is 13.2. The lowest BCUT2D eigenvalue weighted by Crippen LogP contribution is -2.15. The SMILES string of the molecule is COc1ccc(N)c(C(=O)Nc2cc(F)ccc2C)c1. The molecule has 0 saturated carbocycles. The zero-order chi connectivity index (χ0) is 14.7. The van der Waals surface area contributed by atoms with Gasteiger partial charge >= 0.3 is 0 Å². The molecule has 0 aliphatic heterocycles. The molecule has 0 saturated heterocycles. The minimum Gasteiger partial charge on any atom is -0.497 e. The van der Waals surface area contributed by atoms with Crippen molar-refractivity contribution in [1.29, 1.82) is 0 Å². The summed E-state index contributed by atoms with van der Waals surface area (Å²) >= 11 is 0. The molecule has 2 rings (SSSR count). The topological polar surface area (TPSA) is 64.3 Å². The molecule has 5 heteroatoms. The summed E-state index contributed by atoms with van der Waals surface area (Å²) < 4.78 is 18.3. The number of anilines is 2. The number of methoxy groups -OCH3 is 1. The number of hydrogen-bond acceptors (Lipinski definition) is 3. The Morgan fingerprint density at radius 1 is 1.25 bits per heavy atom. The van der Waals surface area contributed by atoms with Crippen molar-refractivity contribution >= 4 is 17.3 Å². The maximum atomic E-state index is 13.2. The first-order chi connectivity index (χ1) is 9.51. The van der Waals surface area contributed by atoms with Crippen molar-refractivity contribution < 1.29 is 13.9 Å². The van der Waals surface area contributed by atoms with E-state index in [1.54, 1.807) is 31.2 Å². The Morgan fingerprint density at radius 2 is 2.00 bits per heavy atom. The van der Waals surface area contributed by atoms with Gasteiger partial charge in [-0.05, 0) is 42.8 Å². The summed E-state index contributed by atoms with van der Waals surface area (Å²) in [6.07, 6.45) is 0. The van der Waals surface area contributed by atoms with Crippen LogP contribution in [-0.2, 0) is 0 Å². The molecule has 0 aliphatic rings.